The van der Waals surface area contributed by atoms with Crippen LogP contribution < -0.4 is 15.2 Å². The number of ether oxygens (including phenoxy) is 1. The first-order valence-corrected chi connectivity index (χ1v) is 9.20. The fourth-order valence-electron chi connectivity index (χ4n) is 3.01. The van der Waals surface area contributed by atoms with Crippen LogP contribution in [0.1, 0.15) is 5.56 Å². The molecular formula is C18H23BrN4O2. The number of hydrogen-bond acceptors (Lipinski definition) is 5. The number of piperazine rings is 1. The summed E-state index contributed by atoms with van der Waals surface area (Å²) in [5.74, 6) is 0.894. The van der Waals surface area contributed by atoms with Crippen LogP contribution in [0.4, 0.5) is 5.69 Å². The Balaban J connectivity index is 1.53. The number of rotatable bonds is 5. The second-order valence-electron chi connectivity index (χ2n) is 6.20. The molecule has 0 atom stereocenters. The van der Waals surface area contributed by atoms with Crippen LogP contribution in [0.3, 0.4) is 0 Å². The fourth-order valence-corrected chi connectivity index (χ4v) is 3.62. The number of anilines is 1. The maximum absolute atomic E-state index is 12.0. The third-order valence-electron chi connectivity index (χ3n) is 4.65. The minimum atomic E-state index is -0.0977. The van der Waals surface area contributed by atoms with Gasteiger partial charge in [0.2, 0.25) is 0 Å². The third kappa shape index (κ3) is 4.22. The second kappa shape index (κ2) is 8.01. The average molecular weight is 407 g/mol. The molecule has 7 heteroatoms. The Morgan fingerprint density at radius 2 is 1.84 bits per heavy atom. The molecule has 0 unspecified atom stereocenters. The van der Waals surface area contributed by atoms with Gasteiger partial charge in [0, 0.05) is 39.8 Å². The first-order chi connectivity index (χ1) is 12.1. The van der Waals surface area contributed by atoms with Crippen molar-refractivity contribution in [3.05, 3.63) is 50.9 Å². The molecule has 1 aliphatic heterocycles. The van der Waals surface area contributed by atoms with Crippen LogP contribution in [-0.2, 0) is 13.5 Å². The lowest BCUT2D eigenvalue weighted by molar-refractivity contribution is 0.260. The standard InChI is InChI=1S/C18H23BrN4O2/c1-21-18(24)17(19)16(13-20-21)23-11-9-22(10-12-23)8-7-14-3-5-15(25-2)6-4-14/h3-6,13H,7-12H2,1-2H3. The minimum Gasteiger partial charge on any atom is -0.497 e. The van der Waals surface area contributed by atoms with Gasteiger partial charge in [-0.25, -0.2) is 4.68 Å². The summed E-state index contributed by atoms with van der Waals surface area (Å²) in [6.07, 6.45) is 2.79. The molecule has 1 aromatic carbocycles. The predicted octanol–water partition coefficient (Wildman–Crippen LogP) is 1.92. The molecule has 1 aromatic heterocycles. The first kappa shape index (κ1) is 17.9. The molecule has 1 saturated heterocycles. The van der Waals surface area contributed by atoms with Crippen molar-refractivity contribution in [3.63, 3.8) is 0 Å². The van der Waals surface area contributed by atoms with Crippen molar-refractivity contribution in [2.45, 2.75) is 6.42 Å². The fraction of sp³-hybridized carbons (Fsp3) is 0.444. The van der Waals surface area contributed by atoms with Crippen LogP contribution in [0.25, 0.3) is 0 Å². The van der Waals surface area contributed by atoms with Gasteiger partial charge in [-0.2, -0.15) is 5.10 Å². The van der Waals surface area contributed by atoms with E-state index in [0.717, 1.165) is 50.6 Å². The molecule has 0 amide bonds. The van der Waals surface area contributed by atoms with E-state index in [1.54, 1.807) is 20.4 Å². The van der Waals surface area contributed by atoms with E-state index < -0.39 is 0 Å². The smallest absolute Gasteiger partial charge is 0.282 e. The lowest BCUT2D eigenvalue weighted by Gasteiger charge is -2.36. The topological polar surface area (TPSA) is 50.6 Å². The van der Waals surface area contributed by atoms with Gasteiger partial charge in [-0.1, -0.05) is 12.1 Å². The van der Waals surface area contributed by atoms with Gasteiger partial charge < -0.3 is 9.64 Å². The van der Waals surface area contributed by atoms with Gasteiger partial charge in [0.1, 0.15) is 10.2 Å². The summed E-state index contributed by atoms with van der Waals surface area (Å²) >= 11 is 3.42. The summed E-state index contributed by atoms with van der Waals surface area (Å²) in [6, 6.07) is 8.26. The molecule has 1 fully saturated rings. The van der Waals surface area contributed by atoms with Crippen LogP contribution in [0.2, 0.25) is 0 Å². The van der Waals surface area contributed by atoms with Gasteiger partial charge in [-0.05, 0) is 40.0 Å². The van der Waals surface area contributed by atoms with E-state index in [1.807, 2.05) is 12.1 Å². The van der Waals surface area contributed by atoms with Gasteiger partial charge >= 0.3 is 0 Å². The maximum Gasteiger partial charge on any atom is 0.282 e. The zero-order valence-electron chi connectivity index (χ0n) is 14.6. The molecule has 134 valence electrons. The molecule has 2 aromatic rings. The minimum absolute atomic E-state index is 0.0977. The van der Waals surface area contributed by atoms with E-state index in [9.17, 15) is 4.79 Å². The van der Waals surface area contributed by atoms with Gasteiger partial charge in [-0.3, -0.25) is 9.69 Å². The van der Waals surface area contributed by atoms with E-state index in [0.29, 0.717) is 4.47 Å². The first-order valence-electron chi connectivity index (χ1n) is 8.40. The van der Waals surface area contributed by atoms with Gasteiger partial charge in [0.25, 0.3) is 5.56 Å². The number of aromatic nitrogens is 2. The highest BCUT2D eigenvalue weighted by Crippen LogP contribution is 2.22. The van der Waals surface area contributed by atoms with E-state index in [2.05, 4.69) is 43.0 Å². The molecule has 0 radical (unpaired) electrons. The largest absolute Gasteiger partial charge is 0.497 e. The molecule has 25 heavy (non-hydrogen) atoms. The molecular weight excluding hydrogens is 384 g/mol. The van der Waals surface area contributed by atoms with E-state index in [4.69, 9.17) is 4.74 Å². The second-order valence-corrected chi connectivity index (χ2v) is 6.99. The van der Waals surface area contributed by atoms with Crippen LogP contribution in [0.5, 0.6) is 5.75 Å². The zero-order valence-corrected chi connectivity index (χ0v) is 16.2. The molecule has 0 spiro atoms. The Morgan fingerprint density at radius 1 is 1.16 bits per heavy atom. The van der Waals surface area contributed by atoms with Crippen LogP contribution in [0.15, 0.2) is 39.7 Å². The number of aryl methyl sites for hydroxylation is 1. The van der Waals surface area contributed by atoms with Crippen molar-refractivity contribution in [1.29, 1.82) is 0 Å². The van der Waals surface area contributed by atoms with Crippen LogP contribution in [-0.4, -0.2) is 54.5 Å². The SMILES string of the molecule is COc1ccc(CCN2CCN(c3cnn(C)c(=O)c3Br)CC2)cc1. The summed E-state index contributed by atoms with van der Waals surface area (Å²) < 4.78 is 7.13. The van der Waals surface area contributed by atoms with Gasteiger partial charge in [-0.15, -0.1) is 0 Å². The maximum atomic E-state index is 12.0. The molecule has 0 saturated carbocycles. The Labute approximate surface area is 156 Å². The van der Waals surface area contributed by atoms with E-state index in [-0.39, 0.29) is 5.56 Å². The Morgan fingerprint density at radius 3 is 2.48 bits per heavy atom. The molecule has 0 N–H and O–H groups in total. The molecule has 3 rings (SSSR count). The van der Waals surface area contributed by atoms with Crippen molar-refractivity contribution in [3.8, 4) is 5.75 Å². The van der Waals surface area contributed by atoms with Crippen LogP contribution in [0, 0.1) is 0 Å². The summed E-state index contributed by atoms with van der Waals surface area (Å²) in [5.41, 5.74) is 2.11. The number of hydrogen-bond donors (Lipinski definition) is 0. The number of nitrogens with zero attached hydrogens (tertiary/aromatic N) is 4. The lowest BCUT2D eigenvalue weighted by Crippen LogP contribution is -2.47. The number of halogens is 1. The van der Waals surface area contributed by atoms with Gasteiger partial charge in [0.05, 0.1) is 19.0 Å². The molecule has 1 aliphatic rings. The highest BCUT2D eigenvalue weighted by Gasteiger charge is 2.20. The monoisotopic (exact) mass is 406 g/mol. The third-order valence-corrected chi connectivity index (χ3v) is 5.39. The van der Waals surface area contributed by atoms with E-state index >= 15 is 0 Å². The molecule has 6 nitrogen and oxygen atoms in total. The van der Waals surface area contributed by atoms with Crippen LogP contribution >= 0.6 is 15.9 Å². The Hall–Kier alpha value is -1.86. The normalized spacial score (nSPS) is 15.4. The summed E-state index contributed by atoms with van der Waals surface area (Å²) in [4.78, 5) is 16.7. The summed E-state index contributed by atoms with van der Waals surface area (Å²) in [5, 5.41) is 4.13. The van der Waals surface area contributed by atoms with Crippen molar-refractivity contribution in [2.24, 2.45) is 7.05 Å². The predicted molar refractivity (Wildman–Crippen MR) is 103 cm³/mol. The quantitative estimate of drug-likeness (QED) is 0.758. The average Bonchev–Trinajstić information content (AvgIpc) is 2.65. The summed E-state index contributed by atoms with van der Waals surface area (Å²) in [7, 11) is 3.35. The number of benzene rings is 1. The highest BCUT2D eigenvalue weighted by atomic mass is 79.9. The number of methoxy groups -OCH3 is 1. The molecule has 2 heterocycles. The molecule has 0 aliphatic carbocycles. The van der Waals surface area contributed by atoms with Crippen molar-refractivity contribution in [1.82, 2.24) is 14.7 Å². The lowest BCUT2D eigenvalue weighted by atomic mass is 10.1. The van der Waals surface area contributed by atoms with Gasteiger partial charge in [0.15, 0.2) is 0 Å². The van der Waals surface area contributed by atoms with Crippen molar-refractivity contribution >= 4 is 21.6 Å². The Kier molecular flexibility index (Phi) is 5.75. The van der Waals surface area contributed by atoms with E-state index in [1.165, 1.54) is 10.2 Å². The molecule has 0 bridgehead atoms. The summed E-state index contributed by atoms with van der Waals surface area (Å²) in [6.45, 7) is 4.80. The van der Waals surface area contributed by atoms with Crippen molar-refractivity contribution in [2.75, 3.05) is 44.7 Å². The highest BCUT2D eigenvalue weighted by molar-refractivity contribution is 9.10. The Bertz CT molecular complexity index is 768. The zero-order chi connectivity index (χ0) is 17.8. The van der Waals surface area contributed by atoms with Crippen molar-refractivity contribution < 1.29 is 4.74 Å².